The lowest BCUT2D eigenvalue weighted by Gasteiger charge is -2.24. The Morgan fingerprint density at radius 1 is 0.935 bits per heavy atom. The van der Waals surface area contributed by atoms with Gasteiger partial charge >= 0.3 is 0 Å². The summed E-state index contributed by atoms with van der Waals surface area (Å²) in [5.41, 5.74) is 6.59. The molecule has 0 spiro atoms. The lowest BCUT2D eigenvalue weighted by atomic mass is 10.1. The summed E-state index contributed by atoms with van der Waals surface area (Å²) < 4.78 is 0. The topological polar surface area (TPSA) is 70.1 Å². The Hall–Kier alpha value is -4.24. The summed E-state index contributed by atoms with van der Waals surface area (Å²) in [7, 11) is 0. The number of aromatic nitrogens is 4. The predicted octanol–water partition coefficient (Wildman–Crippen LogP) is 4.14. The molecule has 0 radical (unpaired) electrons. The molecule has 1 aliphatic rings. The first-order chi connectivity index (χ1) is 15.3. The van der Waals surface area contributed by atoms with Crippen molar-refractivity contribution in [2.75, 3.05) is 0 Å². The molecule has 1 N–H and O–H groups in total. The second kappa shape index (κ2) is 8.64. The molecule has 1 aliphatic heterocycles. The summed E-state index contributed by atoms with van der Waals surface area (Å²) in [6.07, 6.45) is 2.66. The van der Waals surface area contributed by atoms with Crippen molar-refractivity contribution in [3.63, 3.8) is 0 Å². The fourth-order valence-electron chi connectivity index (χ4n) is 3.54. The van der Waals surface area contributed by atoms with Crippen LogP contribution in [0.3, 0.4) is 0 Å². The standard InChI is InChI=1S/C25H20N6/c1-2-5-19(6-3-1)7-4-8-20-11-14-24-23(15-20)17-31(18-26-24)16-21-9-12-22(13-10-21)25-27-29-30-28-25/h1-3,5-6,9-15,18H,7,16-17H2,(H,27,28,29,30). The first-order valence-electron chi connectivity index (χ1n) is 10.1. The van der Waals surface area contributed by atoms with Crippen molar-refractivity contribution in [1.29, 1.82) is 0 Å². The number of nitrogens with zero attached hydrogens (tertiary/aromatic N) is 5. The Kier molecular flexibility index (Phi) is 5.23. The molecule has 0 saturated carbocycles. The molecule has 4 aromatic rings. The van der Waals surface area contributed by atoms with Crippen molar-refractivity contribution in [1.82, 2.24) is 25.5 Å². The number of rotatable bonds is 4. The van der Waals surface area contributed by atoms with E-state index in [2.05, 4.69) is 78.8 Å². The van der Waals surface area contributed by atoms with Crippen LogP contribution < -0.4 is 0 Å². The maximum Gasteiger partial charge on any atom is 0.204 e. The zero-order chi connectivity index (χ0) is 20.9. The van der Waals surface area contributed by atoms with Gasteiger partial charge in [0.2, 0.25) is 5.82 Å². The Labute approximate surface area is 180 Å². The van der Waals surface area contributed by atoms with Crippen LogP contribution >= 0.6 is 0 Å². The van der Waals surface area contributed by atoms with Gasteiger partial charge in [-0.1, -0.05) is 66.4 Å². The van der Waals surface area contributed by atoms with E-state index in [4.69, 9.17) is 0 Å². The maximum absolute atomic E-state index is 4.62. The highest BCUT2D eigenvalue weighted by atomic mass is 15.5. The summed E-state index contributed by atoms with van der Waals surface area (Å²) in [4.78, 5) is 6.82. The third kappa shape index (κ3) is 4.51. The van der Waals surface area contributed by atoms with Crippen molar-refractivity contribution in [2.24, 2.45) is 4.99 Å². The summed E-state index contributed by atoms with van der Waals surface area (Å²) in [5, 5.41) is 14.1. The normalized spacial score (nSPS) is 12.2. The van der Waals surface area contributed by atoms with Crippen LogP contribution in [0.25, 0.3) is 11.4 Å². The van der Waals surface area contributed by atoms with E-state index in [1.807, 2.05) is 42.7 Å². The van der Waals surface area contributed by atoms with Gasteiger partial charge in [0, 0.05) is 30.6 Å². The number of benzene rings is 3. The molecular weight excluding hydrogens is 384 g/mol. The van der Waals surface area contributed by atoms with Crippen LogP contribution in [0.4, 0.5) is 5.69 Å². The van der Waals surface area contributed by atoms with E-state index in [-0.39, 0.29) is 0 Å². The predicted molar refractivity (Wildman–Crippen MR) is 120 cm³/mol. The number of aromatic amines is 1. The van der Waals surface area contributed by atoms with Gasteiger partial charge in [-0.15, -0.1) is 10.2 Å². The van der Waals surface area contributed by atoms with Gasteiger partial charge in [0.25, 0.3) is 0 Å². The van der Waals surface area contributed by atoms with Crippen LogP contribution in [0.1, 0.15) is 22.3 Å². The largest absolute Gasteiger partial charge is 0.354 e. The van der Waals surface area contributed by atoms with E-state index >= 15 is 0 Å². The first-order valence-corrected chi connectivity index (χ1v) is 10.1. The smallest absolute Gasteiger partial charge is 0.204 e. The number of hydrogen-bond donors (Lipinski definition) is 1. The Morgan fingerprint density at radius 3 is 2.61 bits per heavy atom. The molecule has 0 fully saturated rings. The molecule has 6 nitrogen and oxygen atoms in total. The quantitative estimate of drug-likeness (QED) is 0.519. The third-order valence-electron chi connectivity index (χ3n) is 5.12. The molecule has 0 unspecified atom stereocenters. The molecular formula is C25H20N6. The van der Waals surface area contributed by atoms with Gasteiger partial charge in [-0.25, -0.2) is 4.99 Å². The Balaban J connectivity index is 1.25. The Morgan fingerprint density at radius 2 is 1.81 bits per heavy atom. The lowest BCUT2D eigenvalue weighted by molar-refractivity contribution is 0.414. The highest BCUT2D eigenvalue weighted by molar-refractivity contribution is 5.68. The number of nitrogens with one attached hydrogen (secondary N) is 1. The number of tetrazole rings is 1. The van der Waals surface area contributed by atoms with Gasteiger partial charge in [-0.05, 0) is 40.1 Å². The lowest BCUT2D eigenvalue weighted by Crippen LogP contribution is -2.23. The zero-order valence-electron chi connectivity index (χ0n) is 16.9. The molecule has 0 saturated heterocycles. The number of H-pyrrole nitrogens is 1. The van der Waals surface area contributed by atoms with E-state index in [9.17, 15) is 0 Å². The average molecular weight is 404 g/mol. The molecule has 0 amide bonds. The highest BCUT2D eigenvalue weighted by Crippen LogP contribution is 2.26. The average Bonchev–Trinajstić information content (AvgIpc) is 3.35. The monoisotopic (exact) mass is 404 g/mol. The van der Waals surface area contributed by atoms with Gasteiger partial charge in [0.05, 0.1) is 12.0 Å². The summed E-state index contributed by atoms with van der Waals surface area (Å²) in [6.45, 7) is 1.58. The molecule has 150 valence electrons. The molecule has 6 heteroatoms. The van der Waals surface area contributed by atoms with E-state index in [1.165, 1.54) is 16.7 Å². The Bertz CT molecular complexity index is 1250. The molecule has 3 aromatic carbocycles. The fraction of sp³-hybridized carbons (Fsp3) is 0.120. The van der Waals surface area contributed by atoms with Gasteiger partial charge in [-0.2, -0.15) is 5.21 Å². The highest BCUT2D eigenvalue weighted by Gasteiger charge is 2.13. The molecule has 0 atom stereocenters. The van der Waals surface area contributed by atoms with E-state index in [0.717, 1.165) is 36.3 Å². The van der Waals surface area contributed by atoms with E-state index in [1.54, 1.807) is 0 Å². The van der Waals surface area contributed by atoms with Crippen molar-refractivity contribution in [3.8, 4) is 23.2 Å². The summed E-state index contributed by atoms with van der Waals surface area (Å²) in [6, 6.07) is 24.7. The number of aliphatic imine (C=N–C) groups is 1. The summed E-state index contributed by atoms with van der Waals surface area (Å²) >= 11 is 0. The van der Waals surface area contributed by atoms with Crippen LogP contribution in [0.5, 0.6) is 0 Å². The molecule has 31 heavy (non-hydrogen) atoms. The second-order valence-corrected chi connectivity index (χ2v) is 7.39. The maximum atomic E-state index is 4.62. The van der Waals surface area contributed by atoms with Gasteiger partial charge in [0.1, 0.15) is 0 Å². The van der Waals surface area contributed by atoms with Crippen molar-refractivity contribution in [3.05, 3.63) is 95.1 Å². The van der Waals surface area contributed by atoms with Crippen LogP contribution in [-0.2, 0) is 19.5 Å². The van der Waals surface area contributed by atoms with Gasteiger partial charge in [-0.3, -0.25) is 0 Å². The summed E-state index contributed by atoms with van der Waals surface area (Å²) in [5.74, 6) is 7.16. The number of hydrogen-bond acceptors (Lipinski definition) is 5. The minimum absolute atomic E-state index is 0.598. The van der Waals surface area contributed by atoms with Crippen LogP contribution in [-0.4, -0.2) is 31.9 Å². The van der Waals surface area contributed by atoms with Crippen molar-refractivity contribution >= 4 is 12.0 Å². The molecule has 5 rings (SSSR count). The van der Waals surface area contributed by atoms with E-state index < -0.39 is 0 Å². The minimum atomic E-state index is 0.598. The van der Waals surface area contributed by atoms with Crippen LogP contribution in [0, 0.1) is 11.8 Å². The second-order valence-electron chi connectivity index (χ2n) is 7.39. The fourth-order valence-corrected chi connectivity index (χ4v) is 3.54. The molecule has 0 bridgehead atoms. The molecule has 2 heterocycles. The number of fused-ring (bicyclic) bond motifs is 1. The first kappa shape index (κ1) is 18.8. The SMILES string of the molecule is C(#Cc1ccc2c(c1)CN(Cc1ccc(-c3nn[nH]n3)cc1)C=N2)Cc1ccccc1. The zero-order valence-corrected chi connectivity index (χ0v) is 16.9. The van der Waals surface area contributed by atoms with Crippen LogP contribution in [0.2, 0.25) is 0 Å². The van der Waals surface area contributed by atoms with Gasteiger partial charge in [0.15, 0.2) is 0 Å². The van der Waals surface area contributed by atoms with E-state index in [0.29, 0.717) is 5.82 Å². The van der Waals surface area contributed by atoms with Crippen LogP contribution in [0.15, 0.2) is 77.8 Å². The molecule has 1 aromatic heterocycles. The minimum Gasteiger partial charge on any atom is -0.354 e. The third-order valence-corrected chi connectivity index (χ3v) is 5.12. The molecule has 0 aliphatic carbocycles. The van der Waals surface area contributed by atoms with Gasteiger partial charge < -0.3 is 4.90 Å². The van der Waals surface area contributed by atoms with Crippen molar-refractivity contribution < 1.29 is 0 Å². The van der Waals surface area contributed by atoms with Crippen molar-refractivity contribution in [2.45, 2.75) is 19.5 Å².